The van der Waals surface area contributed by atoms with E-state index in [1.54, 1.807) is 6.20 Å². The minimum atomic E-state index is 0.647. The summed E-state index contributed by atoms with van der Waals surface area (Å²) in [4.78, 5) is 8.46. The van der Waals surface area contributed by atoms with Crippen LogP contribution in [0, 0.1) is 0 Å². The third kappa shape index (κ3) is 1.77. The second-order valence-electron chi connectivity index (χ2n) is 2.92. The Hall–Kier alpha value is -1.75. The molecule has 5 nitrogen and oxygen atoms in total. The fourth-order valence-corrected chi connectivity index (χ4v) is 1.18. The van der Waals surface area contributed by atoms with Gasteiger partial charge in [-0.25, -0.2) is 4.98 Å². The van der Waals surface area contributed by atoms with Crippen LogP contribution in [0.5, 0.6) is 0 Å². The highest BCUT2D eigenvalue weighted by atomic mass is 15.2. The van der Waals surface area contributed by atoms with E-state index in [0.717, 1.165) is 24.5 Å². The maximum Gasteiger partial charge on any atom is 0.199 e. The molecule has 0 saturated carbocycles. The predicted molar refractivity (Wildman–Crippen MR) is 51.1 cm³/mol. The summed E-state index contributed by atoms with van der Waals surface area (Å²) in [5.74, 6) is 1.51. The maximum atomic E-state index is 4.30. The van der Waals surface area contributed by atoms with Crippen molar-refractivity contribution in [3.63, 3.8) is 0 Å². The Balaban J connectivity index is 2.25. The highest BCUT2D eigenvalue weighted by Crippen LogP contribution is 2.09. The Morgan fingerprint density at radius 1 is 1.36 bits per heavy atom. The maximum absolute atomic E-state index is 4.30. The van der Waals surface area contributed by atoms with Gasteiger partial charge in [-0.2, -0.15) is 5.10 Å². The number of hydrogen-bond acceptors (Lipinski definition) is 3. The minimum Gasteiger partial charge on any atom is -0.357 e. The summed E-state index contributed by atoms with van der Waals surface area (Å²) in [5.41, 5.74) is 4.55. The molecule has 0 spiro atoms. The van der Waals surface area contributed by atoms with E-state index in [0.29, 0.717) is 5.82 Å². The number of quaternary nitrogens is 1. The van der Waals surface area contributed by atoms with Gasteiger partial charge in [0, 0.05) is 6.20 Å². The largest absolute Gasteiger partial charge is 0.357 e. The lowest BCUT2D eigenvalue weighted by Crippen LogP contribution is -2.51. The van der Waals surface area contributed by atoms with Crippen molar-refractivity contribution in [3.8, 4) is 11.5 Å². The molecule has 4 N–H and O–H groups in total. The Bertz CT molecular complexity index is 395. The third-order valence-corrected chi connectivity index (χ3v) is 1.84. The Labute approximate surface area is 81.4 Å². The van der Waals surface area contributed by atoms with E-state index in [2.05, 4.69) is 25.9 Å². The van der Waals surface area contributed by atoms with Gasteiger partial charge in [0.15, 0.2) is 5.82 Å². The summed E-state index contributed by atoms with van der Waals surface area (Å²) < 4.78 is 0. The van der Waals surface area contributed by atoms with Crippen LogP contribution in [0.4, 0.5) is 0 Å². The van der Waals surface area contributed by atoms with Crippen molar-refractivity contribution in [2.75, 3.05) is 6.54 Å². The van der Waals surface area contributed by atoms with Gasteiger partial charge in [-0.3, -0.25) is 10.1 Å². The molecule has 0 atom stereocenters. The topological polar surface area (TPSA) is 82.1 Å². The summed E-state index contributed by atoms with van der Waals surface area (Å²) in [6.45, 7) is 0.816. The van der Waals surface area contributed by atoms with Crippen molar-refractivity contribution >= 4 is 0 Å². The molecule has 2 aromatic heterocycles. The van der Waals surface area contributed by atoms with Crippen molar-refractivity contribution in [1.29, 1.82) is 0 Å². The van der Waals surface area contributed by atoms with Crippen LogP contribution in [0.25, 0.3) is 11.5 Å². The molecule has 0 bridgehead atoms. The van der Waals surface area contributed by atoms with E-state index in [9.17, 15) is 0 Å². The molecule has 72 valence electrons. The van der Waals surface area contributed by atoms with E-state index < -0.39 is 0 Å². The van der Waals surface area contributed by atoms with E-state index in [1.165, 1.54) is 0 Å². The molecule has 0 aliphatic carbocycles. The van der Waals surface area contributed by atoms with Crippen LogP contribution in [-0.2, 0) is 6.42 Å². The molecule has 0 aromatic carbocycles. The number of rotatable bonds is 3. The van der Waals surface area contributed by atoms with Gasteiger partial charge in [0.25, 0.3) is 0 Å². The van der Waals surface area contributed by atoms with Gasteiger partial charge in [-0.15, -0.1) is 0 Å². The first-order valence-electron chi connectivity index (χ1n) is 4.52. The third-order valence-electron chi connectivity index (χ3n) is 1.84. The van der Waals surface area contributed by atoms with Crippen molar-refractivity contribution in [3.05, 3.63) is 30.2 Å². The zero-order chi connectivity index (χ0) is 9.80. The van der Waals surface area contributed by atoms with Gasteiger partial charge in [0.1, 0.15) is 11.5 Å². The Kier molecular flexibility index (Phi) is 2.51. The predicted octanol–water partition coefficient (Wildman–Crippen LogP) is -0.349. The van der Waals surface area contributed by atoms with Crippen LogP contribution in [0.15, 0.2) is 24.4 Å². The second-order valence-corrected chi connectivity index (χ2v) is 2.92. The van der Waals surface area contributed by atoms with E-state index >= 15 is 0 Å². The molecular weight excluding hydrogens is 178 g/mol. The molecule has 0 aliphatic heterocycles. The fraction of sp³-hybridized carbons (Fsp3) is 0.222. The standard InChI is InChI=1S/C9H11N5/c10-5-4-8-12-9(14-13-8)7-3-1-2-6-11-7/h1-3,6H,4-5,10H2,(H,12,13,14)/p+1. The van der Waals surface area contributed by atoms with Crippen molar-refractivity contribution in [2.24, 2.45) is 0 Å². The first kappa shape index (κ1) is 8.83. The monoisotopic (exact) mass is 190 g/mol. The van der Waals surface area contributed by atoms with E-state index in [1.807, 2.05) is 18.2 Å². The number of aromatic amines is 1. The van der Waals surface area contributed by atoms with Gasteiger partial charge in [0.05, 0.1) is 13.0 Å². The van der Waals surface area contributed by atoms with Crippen LogP contribution in [0.3, 0.4) is 0 Å². The average Bonchev–Trinajstić information content (AvgIpc) is 2.68. The molecule has 0 unspecified atom stereocenters. The fourth-order valence-electron chi connectivity index (χ4n) is 1.18. The molecule has 0 fully saturated rings. The SMILES string of the molecule is [NH3+]CCc1nc(-c2ccccn2)n[nH]1. The Morgan fingerprint density at radius 2 is 2.29 bits per heavy atom. The van der Waals surface area contributed by atoms with Gasteiger partial charge < -0.3 is 5.73 Å². The number of nitrogens with one attached hydrogen (secondary N) is 1. The highest BCUT2D eigenvalue weighted by molar-refractivity contribution is 5.47. The zero-order valence-electron chi connectivity index (χ0n) is 7.77. The van der Waals surface area contributed by atoms with Crippen molar-refractivity contribution in [1.82, 2.24) is 20.2 Å². The van der Waals surface area contributed by atoms with Gasteiger partial charge >= 0.3 is 0 Å². The highest BCUT2D eigenvalue weighted by Gasteiger charge is 2.05. The van der Waals surface area contributed by atoms with Crippen LogP contribution in [-0.4, -0.2) is 26.7 Å². The number of aromatic nitrogens is 4. The molecule has 0 saturated heterocycles. The molecule has 2 aromatic rings. The molecular formula is C9H12N5+. The van der Waals surface area contributed by atoms with E-state index in [4.69, 9.17) is 0 Å². The first-order valence-corrected chi connectivity index (χ1v) is 4.52. The molecule has 0 amide bonds. The molecule has 0 radical (unpaired) electrons. The quantitative estimate of drug-likeness (QED) is 0.694. The van der Waals surface area contributed by atoms with Crippen LogP contribution < -0.4 is 5.73 Å². The van der Waals surface area contributed by atoms with Crippen molar-refractivity contribution < 1.29 is 5.73 Å². The van der Waals surface area contributed by atoms with E-state index in [-0.39, 0.29) is 0 Å². The van der Waals surface area contributed by atoms with Crippen LogP contribution in [0.1, 0.15) is 5.82 Å². The van der Waals surface area contributed by atoms with Crippen LogP contribution >= 0.6 is 0 Å². The number of nitrogens with zero attached hydrogens (tertiary/aromatic N) is 3. The number of H-pyrrole nitrogens is 1. The zero-order valence-corrected chi connectivity index (χ0v) is 7.77. The number of hydrogen-bond donors (Lipinski definition) is 2. The lowest BCUT2D eigenvalue weighted by molar-refractivity contribution is -0.366. The molecule has 14 heavy (non-hydrogen) atoms. The molecule has 0 aliphatic rings. The summed E-state index contributed by atoms with van der Waals surface area (Å²) in [5, 5.41) is 6.94. The smallest absolute Gasteiger partial charge is 0.199 e. The van der Waals surface area contributed by atoms with Gasteiger partial charge in [-0.1, -0.05) is 6.07 Å². The van der Waals surface area contributed by atoms with Crippen LogP contribution in [0.2, 0.25) is 0 Å². The first-order chi connectivity index (χ1) is 6.90. The summed E-state index contributed by atoms with van der Waals surface area (Å²) in [6.07, 6.45) is 2.55. The Morgan fingerprint density at radius 3 is 3.00 bits per heavy atom. The summed E-state index contributed by atoms with van der Waals surface area (Å²) in [7, 11) is 0. The van der Waals surface area contributed by atoms with Gasteiger partial charge in [-0.05, 0) is 12.1 Å². The summed E-state index contributed by atoms with van der Waals surface area (Å²) in [6, 6.07) is 5.67. The van der Waals surface area contributed by atoms with Gasteiger partial charge in [0.2, 0.25) is 0 Å². The molecule has 2 rings (SSSR count). The normalized spacial score (nSPS) is 10.4. The average molecular weight is 190 g/mol. The molecule has 2 heterocycles. The summed E-state index contributed by atoms with van der Waals surface area (Å²) >= 11 is 0. The van der Waals surface area contributed by atoms with Crippen molar-refractivity contribution in [2.45, 2.75) is 6.42 Å². The molecule has 5 heteroatoms. The lowest BCUT2D eigenvalue weighted by atomic mass is 10.3. The number of pyridine rings is 1. The minimum absolute atomic E-state index is 0.647. The lowest BCUT2D eigenvalue weighted by Gasteiger charge is -1.90. The second kappa shape index (κ2) is 3.97.